The molecule has 0 amide bonds. The molecule has 1 saturated heterocycles. The predicted octanol–water partition coefficient (Wildman–Crippen LogP) is 2.51. The van der Waals surface area contributed by atoms with Crippen LogP contribution in [0.2, 0.25) is 0 Å². The van der Waals surface area contributed by atoms with Crippen LogP contribution in [0.3, 0.4) is 0 Å². The van der Waals surface area contributed by atoms with Gasteiger partial charge in [0.05, 0.1) is 0 Å². The van der Waals surface area contributed by atoms with E-state index in [0.717, 1.165) is 11.9 Å². The van der Waals surface area contributed by atoms with E-state index in [1.807, 2.05) is 6.07 Å². The van der Waals surface area contributed by atoms with Crippen molar-refractivity contribution in [1.29, 1.82) is 0 Å². The molecular weight excluding hydrogens is 212 g/mol. The molecule has 0 saturated carbocycles. The number of rotatable bonds is 2. The van der Waals surface area contributed by atoms with Crippen molar-refractivity contribution >= 4 is 10.9 Å². The second kappa shape index (κ2) is 4.08. The monoisotopic (exact) mass is 230 g/mol. The third-order valence-electron chi connectivity index (χ3n) is 3.88. The average molecular weight is 230 g/mol. The molecule has 1 atom stereocenters. The van der Waals surface area contributed by atoms with E-state index in [0.29, 0.717) is 11.8 Å². The number of hydrogen-bond acceptors (Lipinski definition) is 2. The summed E-state index contributed by atoms with van der Waals surface area (Å²) in [7, 11) is 2.21. The number of hydrogen-bond donors (Lipinski definition) is 2. The highest BCUT2D eigenvalue weighted by molar-refractivity contribution is 5.84. The summed E-state index contributed by atoms with van der Waals surface area (Å²) < 4.78 is 0. The summed E-state index contributed by atoms with van der Waals surface area (Å²) in [6, 6.07) is 6.23. The molecule has 17 heavy (non-hydrogen) atoms. The van der Waals surface area contributed by atoms with Gasteiger partial charge in [-0.1, -0.05) is 0 Å². The van der Waals surface area contributed by atoms with Gasteiger partial charge in [-0.25, -0.2) is 0 Å². The van der Waals surface area contributed by atoms with Crippen LogP contribution in [0.1, 0.15) is 18.4 Å². The summed E-state index contributed by atoms with van der Waals surface area (Å²) >= 11 is 0. The summed E-state index contributed by atoms with van der Waals surface area (Å²) in [4.78, 5) is 5.68. The van der Waals surface area contributed by atoms with Crippen LogP contribution in [-0.4, -0.2) is 34.6 Å². The zero-order chi connectivity index (χ0) is 11.8. The van der Waals surface area contributed by atoms with E-state index >= 15 is 0 Å². The first kappa shape index (κ1) is 10.7. The second-order valence-electron chi connectivity index (χ2n) is 5.02. The molecule has 2 aromatic rings. The van der Waals surface area contributed by atoms with Crippen LogP contribution in [0.15, 0.2) is 24.4 Å². The molecule has 3 rings (SSSR count). The van der Waals surface area contributed by atoms with E-state index in [-0.39, 0.29) is 0 Å². The summed E-state index contributed by atoms with van der Waals surface area (Å²) in [6.07, 6.45) is 5.78. The van der Waals surface area contributed by atoms with Gasteiger partial charge in [0.2, 0.25) is 0 Å². The van der Waals surface area contributed by atoms with Crippen molar-refractivity contribution < 1.29 is 5.11 Å². The topological polar surface area (TPSA) is 39.3 Å². The molecule has 0 radical (unpaired) electrons. The maximum atomic E-state index is 9.44. The lowest BCUT2D eigenvalue weighted by molar-refractivity contribution is 0.310. The van der Waals surface area contributed by atoms with Gasteiger partial charge in [0.1, 0.15) is 5.75 Å². The average Bonchev–Trinajstić information content (AvgIpc) is 2.87. The lowest BCUT2D eigenvalue weighted by Gasteiger charge is -2.18. The minimum atomic E-state index is 0.323. The molecule has 2 heterocycles. The van der Waals surface area contributed by atoms with Gasteiger partial charge < -0.3 is 15.0 Å². The Labute approximate surface area is 101 Å². The molecule has 1 aromatic carbocycles. The molecule has 0 aliphatic carbocycles. The summed E-state index contributed by atoms with van der Waals surface area (Å²) in [5, 5.41) is 10.7. The van der Waals surface area contributed by atoms with Crippen molar-refractivity contribution in [2.75, 3.05) is 13.6 Å². The van der Waals surface area contributed by atoms with Gasteiger partial charge in [0, 0.05) is 29.2 Å². The molecule has 1 aliphatic heterocycles. The van der Waals surface area contributed by atoms with Gasteiger partial charge in [0.25, 0.3) is 0 Å². The van der Waals surface area contributed by atoms with Crippen LogP contribution in [0.5, 0.6) is 5.75 Å². The molecule has 0 spiro atoms. The number of aromatic hydroxyl groups is 1. The lowest BCUT2D eigenvalue weighted by Crippen LogP contribution is -2.26. The molecule has 3 nitrogen and oxygen atoms in total. The van der Waals surface area contributed by atoms with Crippen molar-refractivity contribution in [1.82, 2.24) is 9.88 Å². The number of likely N-dealkylation sites (tertiary alicyclic amines) is 1. The van der Waals surface area contributed by atoms with Gasteiger partial charge in [-0.2, -0.15) is 0 Å². The van der Waals surface area contributed by atoms with Crippen molar-refractivity contribution in [3.63, 3.8) is 0 Å². The minimum Gasteiger partial charge on any atom is -0.508 e. The fraction of sp³-hybridized carbons (Fsp3) is 0.429. The maximum absolute atomic E-state index is 9.44. The Balaban J connectivity index is 1.90. The highest BCUT2D eigenvalue weighted by Gasteiger charge is 2.21. The number of nitrogens with one attached hydrogen (secondary N) is 1. The van der Waals surface area contributed by atoms with E-state index in [4.69, 9.17) is 0 Å². The van der Waals surface area contributed by atoms with Crippen LogP contribution in [-0.2, 0) is 6.42 Å². The molecular formula is C14H18N2O. The molecule has 0 bridgehead atoms. The number of aromatic amines is 1. The zero-order valence-electron chi connectivity index (χ0n) is 10.1. The van der Waals surface area contributed by atoms with Crippen molar-refractivity contribution in [3.8, 4) is 5.75 Å². The molecule has 0 unspecified atom stereocenters. The number of nitrogens with zero attached hydrogens (tertiary/aromatic N) is 1. The predicted molar refractivity (Wildman–Crippen MR) is 69.3 cm³/mol. The van der Waals surface area contributed by atoms with Gasteiger partial charge in [-0.05, 0) is 50.6 Å². The SMILES string of the molecule is CN1CCC[C@H]1Cc1c[nH]c2cc(O)ccc12. The first-order valence-electron chi connectivity index (χ1n) is 6.23. The minimum absolute atomic E-state index is 0.323. The van der Waals surface area contributed by atoms with E-state index in [2.05, 4.69) is 23.1 Å². The number of aromatic nitrogens is 1. The van der Waals surface area contributed by atoms with E-state index in [9.17, 15) is 5.11 Å². The van der Waals surface area contributed by atoms with Gasteiger partial charge in [-0.3, -0.25) is 0 Å². The summed E-state index contributed by atoms with van der Waals surface area (Å²) in [5.41, 5.74) is 2.39. The van der Waals surface area contributed by atoms with Crippen LogP contribution in [0.25, 0.3) is 10.9 Å². The fourth-order valence-corrected chi connectivity index (χ4v) is 2.83. The largest absolute Gasteiger partial charge is 0.508 e. The number of H-pyrrole nitrogens is 1. The summed E-state index contributed by atoms with van der Waals surface area (Å²) in [6.45, 7) is 1.22. The Morgan fingerprint density at radius 1 is 1.47 bits per heavy atom. The fourth-order valence-electron chi connectivity index (χ4n) is 2.83. The molecule has 1 fully saturated rings. The number of benzene rings is 1. The first-order valence-corrected chi connectivity index (χ1v) is 6.23. The Bertz CT molecular complexity index is 532. The number of likely N-dealkylation sites (N-methyl/N-ethyl adjacent to an activating group) is 1. The molecule has 90 valence electrons. The Kier molecular flexibility index (Phi) is 2.56. The van der Waals surface area contributed by atoms with Crippen molar-refractivity contribution in [3.05, 3.63) is 30.0 Å². The van der Waals surface area contributed by atoms with Crippen molar-refractivity contribution in [2.24, 2.45) is 0 Å². The van der Waals surface area contributed by atoms with Crippen LogP contribution in [0.4, 0.5) is 0 Å². The van der Waals surface area contributed by atoms with Gasteiger partial charge in [0.15, 0.2) is 0 Å². The van der Waals surface area contributed by atoms with Crippen molar-refractivity contribution in [2.45, 2.75) is 25.3 Å². The number of fused-ring (bicyclic) bond motifs is 1. The third kappa shape index (κ3) is 1.91. The molecule has 1 aliphatic rings. The molecule has 2 N–H and O–H groups in total. The first-order chi connectivity index (χ1) is 8.24. The quantitative estimate of drug-likeness (QED) is 0.832. The second-order valence-corrected chi connectivity index (χ2v) is 5.02. The molecule has 3 heteroatoms. The zero-order valence-corrected chi connectivity index (χ0v) is 10.1. The smallest absolute Gasteiger partial charge is 0.117 e. The van der Waals surface area contributed by atoms with Crippen LogP contribution < -0.4 is 0 Å². The maximum Gasteiger partial charge on any atom is 0.117 e. The number of phenolic OH excluding ortho intramolecular Hbond substituents is 1. The highest BCUT2D eigenvalue weighted by Crippen LogP contribution is 2.26. The van der Waals surface area contributed by atoms with E-state index in [1.54, 1.807) is 12.1 Å². The Morgan fingerprint density at radius 3 is 3.12 bits per heavy atom. The van der Waals surface area contributed by atoms with Gasteiger partial charge in [-0.15, -0.1) is 0 Å². The summed E-state index contributed by atoms with van der Waals surface area (Å²) in [5.74, 6) is 0.323. The van der Waals surface area contributed by atoms with E-state index < -0.39 is 0 Å². The van der Waals surface area contributed by atoms with Crippen LogP contribution in [0, 0.1) is 0 Å². The normalized spacial score (nSPS) is 21.4. The Morgan fingerprint density at radius 2 is 2.35 bits per heavy atom. The third-order valence-corrected chi connectivity index (χ3v) is 3.88. The number of phenols is 1. The molecule has 1 aromatic heterocycles. The lowest BCUT2D eigenvalue weighted by atomic mass is 10.0. The van der Waals surface area contributed by atoms with E-state index in [1.165, 1.54) is 30.3 Å². The Hall–Kier alpha value is -1.48. The van der Waals surface area contributed by atoms with Gasteiger partial charge >= 0.3 is 0 Å². The van der Waals surface area contributed by atoms with Crippen LogP contribution >= 0.6 is 0 Å². The highest BCUT2D eigenvalue weighted by atomic mass is 16.3. The standard InChI is InChI=1S/C14H18N2O/c1-16-6-2-3-11(16)7-10-9-15-14-8-12(17)4-5-13(10)14/h4-5,8-9,11,15,17H,2-3,6-7H2,1H3/t11-/m0/s1.